The molecule has 77 heavy (non-hydrogen) atoms. The quantitative estimate of drug-likeness (QED) is 0.103. The van der Waals surface area contributed by atoms with Gasteiger partial charge in [0, 0.05) is 37.6 Å². The number of nitrogens with one attached hydrogen (secondary N) is 8. The molecule has 0 radical (unpaired) electrons. The number of benzene rings is 2. The van der Waals surface area contributed by atoms with Gasteiger partial charge in [0.05, 0.1) is 35.3 Å². The molecule has 0 unspecified atom stereocenters. The molecule has 2 saturated heterocycles. The first-order valence-corrected chi connectivity index (χ1v) is 26.9. The number of aromatic nitrogens is 1. The fourth-order valence-electron chi connectivity index (χ4n) is 10.9. The Morgan fingerprint density at radius 2 is 0.948 bits per heavy atom. The number of rotatable bonds is 16. The Bertz CT molecular complexity index is 2490. The van der Waals surface area contributed by atoms with E-state index in [2.05, 4.69) is 59.7 Å². The van der Waals surface area contributed by atoms with E-state index in [1.165, 1.54) is 28.3 Å². The summed E-state index contributed by atoms with van der Waals surface area (Å²) in [6.45, 7) is 14.3. The van der Waals surface area contributed by atoms with Gasteiger partial charge in [-0.05, 0) is 118 Å². The summed E-state index contributed by atoms with van der Waals surface area (Å²) >= 11 is 0. The minimum Gasteiger partial charge on any atom is -0.347 e. The molecule has 2 fully saturated rings. The van der Waals surface area contributed by atoms with Gasteiger partial charge in [0.25, 0.3) is 11.8 Å². The molecule has 0 saturated carbocycles. The van der Waals surface area contributed by atoms with E-state index in [1.807, 2.05) is 77.9 Å². The van der Waals surface area contributed by atoms with Crippen LogP contribution in [0.1, 0.15) is 156 Å². The number of likely N-dealkylation sites (tertiary alicyclic amines) is 2. The van der Waals surface area contributed by atoms with Crippen LogP contribution in [-0.4, -0.2) is 138 Å². The van der Waals surface area contributed by atoms with Gasteiger partial charge >= 0.3 is 0 Å². The van der Waals surface area contributed by atoms with Crippen molar-refractivity contribution in [3.8, 4) is 0 Å². The Labute approximate surface area is 454 Å². The average molecular weight is 1060 g/mol. The van der Waals surface area contributed by atoms with Crippen LogP contribution >= 0.6 is 0 Å². The van der Waals surface area contributed by atoms with Gasteiger partial charge in [-0.2, -0.15) is 0 Å². The predicted molar refractivity (Wildman–Crippen MR) is 294 cm³/mol. The first kappa shape index (κ1) is 59.5. The number of fused-ring (bicyclic) bond motifs is 2. The Balaban J connectivity index is 0.00000961. The number of hydrogen-bond acceptors (Lipinski definition) is 11. The summed E-state index contributed by atoms with van der Waals surface area (Å²) in [6, 6.07) is 10.2. The first-order valence-electron chi connectivity index (χ1n) is 26.9. The smallest absolute Gasteiger partial charge is 0.253 e. The summed E-state index contributed by atoms with van der Waals surface area (Å²) in [7, 11) is 3.30. The van der Waals surface area contributed by atoms with Crippen molar-refractivity contribution in [1.82, 2.24) is 57.3 Å². The molecule has 10 atom stereocenters. The van der Waals surface area contributed by atoms with E-state index in [0.717, 1.165) is 60.8 Å². The molecular formula is C58H83N11O8. The molecule has 7 rings (SSSR count). The van der Waals surface area contributed by atoms with E-state index in [9.17, 15) is 38.4 Å². The highest BCUT2D eigenvalue weighted by Gasteiger charge is 2.48. The van der Waals surface area contributed by atoms with E-state index in [-0.39, 0.29) is 80.2 Å². The van der Waals surface area contributed by atoms with Crippen LogP contribution in [0.2, 0.25) is 0 Å². The van der Waals surface area contributed by atoms with Crippen LogP contribution in [-0.2, 0) is 41.6 Å². The van der Waals surface area contributed by atoms with Gasteiger partial charge < -0.3 is 52.3 Å². The highest BCUT2D eigenvalue weighted by Crippen LogP contribution is 2.34. The third-order valence-electron chi connectivity index (χ3n) is 15.5. The lowest BCUT2D eigenvalue weighted by Crippen LogP contribution is -2.59. The second kappa shape index (κ2) is 25.2. The van der Waals surface area contributed by atoms with Gasteiger partial charge in [-0.1, -0.05) is 97.5 Å². The zero-order chi connectivity index (χ0) is 55.2. The molecule has 19 heteroatoms. The zero-order valence-corrected chi connectivity index (χ0v) is 45.8. The van der Waals surface area contributed by atoms with Gasteiger partial charge in [0.15, 0.2) is 0 Å². The Morgan fingerprint density at radius 3 is 1.31 bits per heavy atom. The van der Waals surface area contributed by atoms with Crippen molar-refractivity contribution in [2.75, 3.05) is 27.2 Å². The zero-order valence-electron chi connectivity index (χ0n) is 45.8. The minimum atomic E-state index is -1.01. The van der Waals surface area contributed by atoms with Crippen molar-refractivity contribution < 1.29 is 38.4 Å². The van der Waals surface area contributed by atoms with Crippen molar-refractivity contribution in [3.63, 3.8) is 0 Å². The van der Waals surface area contributed by atoms with Crippen LogP contribution in [0.15, 0.2) is 67.0 Å². The SMILES string of the molecule is C.CN[C@@H](C)C(=O)N[C@H](C(=O)N1C[C@H](NC(=O)c2cncc(C(=O)N[C@H]3C[C@@H](C(=O)N[C@@H]4CCCc5ccccc54)N(C(=O)[C@@H](NC(=O)[C@H](C)NC)C(C)(C)C)C3)c2)C[C@H]1C(=O)N[C@@H]1CCCc2ccccc21)C(C)(C)C. The van der Waals surface area contributed by atoms with Crippen molar-refractivity contribution in [3.05, 3.63) is 100 Å². The molecule has 2 aliphatic carbocycles. The lowest BCUT2D eigenvalue weighted by Gasteiger charge is -2.36. The van der Waals surface area contributed by atoms with Gasteiger partial charge in [-0.3, -0.25) is 43.3 Å². The maximum atomic E-state index is 14.7. The molecule has 4 aliphatic rings. The average Bonchev–Trinajstić information content (AvgIpc) is 4.03. The molecule has 19 nitrogen and oxygen atoms in total. The van der Waals surface area contributed by atoms with Crippen LogP contribution < -0.4 is 42.5 Å². The van der Waals surface area contributed by atoms with Gasteiger partial charge in [0.1, 0.15) is 24.2 Å². The third-order valence-corrected chi connectivity index (χ3v) is 15.5. The molecule has 0 bridgehead atoms. The van der Waals surface area contributed by atoms with E-state index < -0.39 is 82.8 Å². The Hall–Kier alpha value is -6.73. The molecule has 418 valence electrons. The normalized spacial score (nSPS) is 22.6. The summed E-state index contributed by atoms with van der Waals surface area (Å²) < 4.78 is 0. The molecular weight excluding hydrogens is 979 g/mol. The van der Waals surface area contributed by atoms with Crippen molar-refractivity contribution in [1.29, 1.82) is 0 Å². The lowest BCUT2D eigenvalue weighted by molar-refractivity contribution is -0.144. The van der Waals surface area contributed by atoms with Crippen molar-refractivity contribution in [2.45, 2.75) is 175 Å². The second-order valence-corrected chi connectivity index (χ2v) is 23.2. The molecule has 8 amide bonds. The lowest BCUT2D eigenvalue weighted by atomic mass is 9.85. The van der Waals surface area contributed by atoms with Gasteiger partial charge in [-0.15, -0.1) is 0 Å². The Kier molecular flexibility index (Phi) is 19.4. The third kappa shape index (κ3) is 14.1. The fourth-order valence-corrected chi connectivity index (χ4v) is 10.9. The summed E-state index contributed by atoms with van der Waals surface area (Å²) in [6.07, 6.45) is 7.79. The Morgan fingerprint density at radius 1 is 0.571 bits per heavy atom. The molecule has 3 aromatic rings. The van der Waals surface area contributed by atoms with E-state index in [1.54, 1.807) is 27.9 Å². The number of amides is 8. The largest absolute Gasteiger partial charge is 0.347 e. The van der Waals surface area contributed by atoms with E-state index in [0.29, 0.717) is 0 Å². The first-order chi connectivity index (χ1) is 36.0. The summed E-state index contributed by atoms with van der Waals surface area (Å²) in [4.78, 5) is 120. The van der Waals surface area contributed by atoms with Crippen molar-refractivity contribution >= 4 is 47.3 Å². The minimum absolute atomic E-state index is 0. The topological polar surface area (TPSA) is 252 Å². The molecule has 3 heterocycles. The van der Waals surface area contributed by atoms with Crippen LogP contribution in [0.3, 0.4) is 0 Å². The highest BCUT2D eigenvalue weighted by atomic mass is 16.2. The number of carbonyl (C=O) groups is 8. The van der Waals surface area contributed by atoms with E-state index >= 15 is 0 Å². The molecule has 8 N–H and O–H groups in total. The van der Waals surface area contributed by atoms with E-state index in [4.69, 9.17) is 0 Å². The van der Waals surface area contributed by atoms with Crippen LogP contribution in [0.25, 0.3) is 0 Å². The van der Waals surface area contributed by atoms with Crippen LogP contribution in [0.5, 0.6) is 0 Å². The second-order valence-electron chi connectivity index (χ2n) is 23.2. The predicted octanol–water partition coefficient (Wildman–Crippen LogP) is 3.78. The van der Waals surface area contributed by atoms with Crippen LogP contribution in [0.4, 0.5) is 0 Å². The number of hydrogen-bond donors (Lipinski definition) is 8. The highest BCUT2D eigenvalue weighted by molar-refractivity contribution is 6.00. The number of nitrogens with zero attached hydrogens (tertiary/aromatic N) is 3. The molecule has 2 aliphatic heterocycles. The maximum absolute atomic E-state index is 14.7. The summed E-state index contributed by atoms with van der Waals surface area (Å²) in [5.41, 5.74) is 2.95. The summed E-state index contributed by atoms with van der Waals surface area (Å²) in [5.74, 6) is -3.60. The summed E-state index contributed by atoms with van der Waals surface area (Å²) in [5, 5.41) is 24.0. The number of aryl methyl sites for hydroxylation is 2. The maximum Gasteiger partial charge on any atom is 0.253 e. The molecule has 0 spiro atoms. The van der Waals surface area contributed by atoms with Crippen LogP contribution in [0, 0.1) is 10.8 Å². The number of pyridine rings is 1. The number of carbonyl (C=O) groups excluding carboxylic acids is 8. The molecule has 1 aromatic heterocycles. The van der Waals surface area contributed by atoms with Gasteiger partial charge in [-0.25, -0.2) is 0 Å². The monoisotopic (exact) mass is 1060 g/mol. The fraction of sp³-hybridized carbons (Fsp3) is 0.569. The standard InChI is InChI=1S/C57H79N11O8.CH4/c1-32(58-9)48(69)65-46(56(3,4)5)54(75)67-30-38(26-44(67)52(73)63-42-23-15-19-34-17-11-13-21-40(34)42)61-50(71)36-25-37(29-60-28-36)51(72)62-39-27-45(53(74)64-43-24-16-20-35-18-12-14-22-41(35)43)68(31-39)55(76)47(57(6,7)8)66-49(70)33(2)59-10;/h11-14,17-18,21-22,25,28-29,32-33,38-39,42-47,58-59H,15-16,19-20,23-24,26-27,30-31H2,1-10H3,(H,61,71)(H,62,72)(H,63,73)(H,64,74)(H,65,69)(H,66,70);1H4/t32-,33-,38-,39+,42+,43+,44-,45-,46+,47+;/m0./s1. The van der Waals surface area contributed by atoms with Crippen molar-refractivity contribution in [2.24, 2.45) is 10.8 Å². The van der Waals surface area contributed by atoms with Gasteiger partial charge in [0.2, 0.25) is 35.4 Å². The molecule has 2 aromatic carbocycles. The number of likely N-dealkylation sites (N-methyl/N-ethyl adjacent to an activating group) is 2.